The lowest BCUT2D eigenvalue weighted by Gasteiger charge is -2.10. The maximum atomic E-state index is 12.2. The zero-order valence-electron chi connectivity index (χ0n) is 15.6. The van der Waals surface area contributed by atoms with Crippen LogP contribution in [-0.2, 0) is 11.3 Å². The van der Waals surface area contributed by atoms with Crippen LogP contribution in [0.25, 0.3) is 5.69 Å². The topological polar surface area (TPSA) is 69.0 Å². The molecule has 1 amide bonds. The molecular weight excluding hydrogens is 360 g/mol. The summed E-state index contributed by atoms with van der Waals surface area (Å²) in [6.07, 6.45) is 5.35. The molecule has 140 valence electrons. The van der Waals surface area contributed by atoms with Crippen LogP contribution >= 0.6 is 11.8 Å². The van der Waals surface area contributed by atoms with Crippen LogP contribution in [0.3, 0.4) is 0 Å². The number of imidazole rings is 1. The second-order valence-corrected chi connectivity index (χ2v) is 7.07. The van der Waals surface area contributed by atoms with Gasteiger partial charge in [-0.05, 0) is 42.7 Å². The Morgan fingerprint density at radius 2 is 2.04 bits per heavy atom. The van der Waals surface area contributed by atoms with E-state index in [-0.39, 0.29) is 5.91 Å². The molecule has 0 unspecified atom stereocenters. The molecule has 7 heteroatoms. The molecule has 3 aromatic rings. The van der Waals surface area contributed by atoms with E-state index in [4.69, 9.17) is 4.74 Å². The Morgan fingerprint density at radius 1 is 1.19 bits per heavy atom. The molecule has 2 aromatic heterocycles. The van der Waals surface area contributed by atoms with E-state index in [1.807, 2.05) is 16.8 Å². The van der Waals surface area contributed by atoms with Gasteiger partial charge in [-0.2, -0.15) is 0 Å². The smallest absolute Gasteiger partial charge is 0.230 e. The summed E-state index contributed by atoms with van der Waals surface area (Å²) in [5.74, 6) is 0.801. The first-order valence-corrected chi connectivity index (χ1v) is 9.55. The van der Waals surface area contributed by atoms with Gasteiger partial charge < -0.3 is 10.1 Å². The fraction of sp³-hybridized carbons (Fsp3) is 0.250. The number of benzene rings is 1. The molecular formula is C20H22N4O2S. The molecule has 0 fully saturated rings. The van der Waals surface area contributed by atoms with Crippen molar-refractivity contribution in [1.29, 1.82) is 0 Å². The molecule has 0 radical (unpaired) electrons. The van der Waals surface area contributed by atoms with Crippen molar-refractivity contribution in [1.82, 2.24) is 19.9 Å². The van der Waals surface area contributed by atoms with Crippen molar-refractivity contribution in [3.8, 4) is 11.6 Å². The highest BCUT2D eigenvalue weighted by atomic mass is 32.2. The highest BCUT2D eigenvalue weighted by Crippen LogP contribution is 2.22. The van der Waals surface area contributed by atoms with Crippen molar-refractivity contribution < 1.29 is 9.53 Å². The quantitative estimate of drug-likeness (QED) is 0.635. The predicted molar refractivity (Wildman–Crippen MR) is 106 cm³/mol. The number of aromatic nitrogens is 3. The molecule has 0 saturated heterocycles. The van der Waals surface area contributed by atoms with Gasteiger partial charge in [0.05, 0.1) is 12.9 Å². The number of rotatable bonds is 7. The first kappa shape index (κ1) is 19.0. The Kier molecular flexibility index (Phi) is 6.13. The molecule has 0 saturated carbocycles. The molecule has 0 spiro atoms. The summed E-state index contributed by atoms with van der Waals surface area (Å²) in [5, 5.41) is 3.69. The highest BCUT2D eigenvalue weighted by molar-refractivity contribution is 7.99. The van der Waals surface area contributed by atoms with Gasteiger partial charge in [-0.15, -0.1) is 0 Å². The van der Waals surface area contributed by atoms with Gasteiger partial charge in [-0.25, -0.2) is 9.97 Å². The number of carbonyl (C=O) groups excluding carboxylic acids is 1. The SMILES string of the molecule is COc1ccc(CNC(=O)CSc2nccn2-c2ccc(C)c(C)c2)cn1. The number of pyridine rings is 1. The van der Waals surface area contributed by atoms with E-state index in [1.54, 1.807) is 25.6 Å². The van der Waals surface area contributed by atoms with Crippen molar-refractivity contribution in [2.75, 3.05) is 12.9 Å². The van der Waals surface area contributed by atoms with E-state index in [2.05, 4.69) is 47.3 Å². The van der Waals surface area contributed by atoms with Crippen LogP contribution in [0.15, 0.2) is 54.1 Å². The first-order valence-electron chi connectivity index (χ1n) is 8.56. The van der Waals surface area contributed by atoms with Gasteiger partial charge in [0.2, 0.25) is 11.8 Å². The fourth-order valence-electron chi connectivity index (χ4n) is 2.49. The molecule has 0 bridgehead atoms. The molecule has 0 aliphatic heterocycles. The zero-order chi connectivity index (χ0) is 19.2. The van der Waals surface area contributed by atoms with Crippen LogP contribution < -0.4 is 10.1 Å². The Morgan fingerprint density at radius 3 is 2.74 bits per heavy atom. The molecule has 0 aliphatic rings. The third-order valence-corrected chi connectivity index (χ3v) is 5.17. The van der Waals surface area contributed by atoms with Crippen LogP contribution in [0.1, 0.15) is 16.7 Å². The van der Waals surface area contributed by atoms with Crippen LogP contribution in [-0.4, -0.2) is 33.3 Å². The molecule has 3 rings (SSSR count). The average molecular weight is 382 g/mol. The van der Waals surface area contributed by atoms with Gasteiger partial charge in [0.15, 0.2) is 5.16 Å². The molecule has 1 aromatic carbocycles. The third kappa shape index (κ3) is 4.89. The monoisotopic (exact) mass is 382 g/mol. The minimum atomic E-state index is -0.0505. The molecule has 1 N–H and O–H groups in total. The fourth-order valence-corrected chi connectivity index (χ4v) is 3.29. The van der Waals surface area contributed by atoms with Crippen LogP contribution in [0.5, 0.6) is 5.88 Å². The summed E-state index contributed by atoms with van der Waals surface area (Å²) >= 11 is 1.41. The summed E-state index contributed by atoms with van der Waals surface area (Å²) in [5.41, 5.74) is 4.44. The summed E-state index contributed by atoms with van der Waals surface area (Å²) in [6, 6.07) is 9.93. The van der Waals surface area contributed by atoms with Crippen molar-refractivity contribution in [3.05, 3.63) is 65.6 Å². The lowest BCUT2D eigenvalue weighted by Crippen LogP contribution is -2.24. The zero-order valence-corrected chi connectivity index (χ0v) is 16.4. The lowest BCUT2D eigenvalue weighted by molar-refractivity contribution is -0.118. The van der Waals surface area contributed by atoms with Crippen LogP contribution in [0.4, 0.5) is 0 Å². The van der Waals surface area contributed by atoms with Gasteiger partial charge in [-0.1, -0.05) is 23.9 Å². The predicted octanol–water partition coefficient (Wildman–Crippen LogP) is 3.30. The summed E-state index contributed by atoms with van der Waals surface area (Å²) < 4.78 is 7.02. The Balaban J connectivity index is 1.56. The van der Waals surface area contributed by atoms with Crippen molar-refractivity contribution in [2.45, 2.75) is 25.5 Å². The summed E-state index contributed by atoms with van der Waals surface area (Å²) in [6.45, 7) is 4.61. The molecule has 0 atom stereocenters. The summed E-state index contributed by atoms with van der Waals surface area (Å²) in [7, 11) is 1.57. The Bertz CT molecular complexity index is 922. The van der Waals surface area contributed by atoms with Crippen LogP contribution in [0, 0.1) is 13.8 Å². The maximum Gasteiger partial charge on any atom is 0.230 e. The van der Waals surface area contributed by atoms with E-state index >= 15 is 0 Å². The van der Waals surface area contributed by atoms with Crippen molar-refractivity contribution >= 4 is 17.7 Å². The molecule has 6 nitrogen and oxygen atoms in total. The second-order valence-electron chi connectivity index (χ2n) is 6.12. The van der Waals surface area contributed by atoms with Gasteiger partial charge in [-0.3, -0.25) is 9.36 Å². The first-order chi connectivity index (χ1) is 13.1. The van der Waals surface area contributed by atoms with Gasteiger partial charge in [0.1, 0.15) is 0 Å². The van der Waals surface area contributed by atoms with Crippen LogP contribution in [0.2, 0.25) is 0 Å². The number of aryl methyl sites for hydroxylation is 2. The lowest BCUT2D eigenvalue weighted by atomic mass is 10.1. The third-order valence-electron chi connectivity index (χ3n) is 4.20. The molecule has 27 heavy (non-hydrogen) atoms. The van der Waals surface area contributed by atoms with Gasteiger partial charge >= 0.3 is 0 Å². The number of amides is 1. The average Bonchev–Trinajstić information content (AvgIpc) is 3.16. The minimum absolute atomic E-state index is 0.0505. The van der Waals surface area contributed by atoms with Crippen molar-refractivity contribution in [3.63, 3.8) is 0 Å². The largest absolute Gasteiger partial charge is 0.481 e. The Hall–Kier alpha value is -2.80. The summed E-state index contributed by atoms with van der Waals surface area (Å²) in [4.78, 5) is 20.7. The second kappa shape index (κ2) is 8.73. The number of thioether (sulfide) groups is 1. The number of hydrogen-bond donors (Lipinski definition) is 1. The van der Waals surface area contributed by atoms with E-state index in [9.17, 15) is 4.79 Å². The molecule has 0 aliphatic carbocycles. The number of nitrogens with one attached hydrogen (secondary N) is 1. The highest BCUT2D eigenvalue weighted by Gasteiger charge is 2.10. The standard InChI is InChI=1S/C20H22N4O2S/c1-14-4-6-17(10-15(14)2)24-9-8-21-20(24)27-13-18(25)22-11-16-5-7-19(26-3)23-12-16/h4-10,12H,11,13H2,1-3H3,(H,22,25). The van der Waals surface area contributed by atoms with E-state index in [0.717, 1.165) is 16.4 Å². The molecule has 2 heterocycles. The van der Waals surface area contributed by atoms with Gasteiger partial charge in [0.25, 0.3) is 0 Å². The Labute approximate surface area is 163 Å². The number of nitrogens with zero attached hydrogens (tertiary/aromatic N) is 3. The minimum Gasteiger partial charge on any atom is -0.481 e. The van der Waals surface area contributed by atoms with Gasteiger partial charge in [0, 0.05) is 36.9 Å². The number of hydrogen-bond acceptors (Lipinski definition) is 5. The normalized spacial score (nSPS) is 10.6. The number of carbonyl (C=O) groups is 1. The van der Waals surface area contributed by atoms with E-state index in [0.29, 0.717) is 18.2 Å². The number of ether oxygens (including phenoxy) is 1. The van der Waals surface area contributed by atoms with E-state index < -0.39 is 0 Å². The van der Waals surface area contributed by atoms with Crippen molar-refractivity contribution in [2.24, 2.45) is 0 Å². The van der Waals surface area contributed by atoms with E-state index in [1.165, 1.54) is 22.9 Å². The number of methoxy groups -OCH3 is 1. The maximum absolute atomic E-state index is 12.2.